The van der Waals surface area contributed by atoms with Gasteiger partial charge in [-0.05, 0) is 24.3 Å². The molecule has 0 bridgehead atoms. The van der Waals surface area contributed by atoms with E-state index in [0.29, 0.717) is 24.8 Å². The maximum absolute atomic E-state index is 5.46. The Hall–Kier alpha value is -2.01. The largest absolute Gasteiger partial charge is 0.491 e. The van der Waals surface area contributed by atoms with Crippen molar-refractivity contribution in [1.82, 2.24) is 5.16 Å². The lowest BCUT2D eigenvalue weighted by molar-refractivity contribution is 0.146. The van der Waals surface area contributed by atoms with E-state index in [4.69, 9.17) is 19.7 Å². The Kier molecular flexibility index (Phi) is 3.62. The zero-order valence-electron chi connectivity index (χ0n) is 9.55. The molecule has 0 saturated heterocycles. The number of hydrogen-bond acceptors (Lipinski definition) is 5. The van der Waals surface area contributed by atoms with Crippen LogP contribution in [-0.4, -0.2) is 25.5 Å². The molecule has 0 aliphatic heterocycles. The van der Waals surface area contributed by atoms with Crippen molar-refractivity contribution in [2.45, 2.75) is 0 Å². The minimum Gasteiger partial charge on any atom is -0.491 e. The van der Waals surface area contributed by atoms with Crippen LogP contribution in [-0.2, 0) is 4.74 Å². The molecular formula is C12H14N2O3. The van der Waals surface area contributed by atoms with Crippen LogP contribution in [0.5, 0.6) is 5.75 Å². The minimum absolute atomic E-state index is 0.306. The highest BCUT2D eigenvalue weighted by Gasteiger charge is 2.04. The first-order valence-electron chi connectivity index (χ1n) is 5.24. The molecule has 2 N–H and O–H groups in total. The van der Waals surface area contributed by atoms with Crippen LogP contribution in [0.2, 0.25) is 0 Å². The van der Waals surface area contributed by atoms with Crippen LogP contribution in [0.4, 0.5) is 5.88 Å². The van der Waals surface area contributed by atoms with Gasteiger partial charge in [0, 0.05) is 18.7 Å². The van der Waals surface area contributed by atoms with Gasteiger partial charge in [-0.1, -0.05) is 5.16 Å². The van der Waals surface area contributed by atoms with Crippen LogP contribution in [0.15, 0.2) is 34.9 Å². The lowest BCUT2D eigenvalue weighted by atomic mass is 10.1. The molecule has 1 heterocycles. The molecule has 0 fully saturated rings. The summed E-state index contributed by atoms with van der Waals surface area (Å²) >= 11 is 0. The molecule has 0 unspecified atom stereocenters. The van der Waals surface area contributed by atoms with Crippen LogP contribution < -0.4 is 10.5 Å². The maximum atomic E-state index is 5.46. The minimum atomic E-state index is 0.306. The van der Waals surface area contributed by atoms with E-state index < -0.39 is 0 Å². The van der Waals surface area contributed by atoms with E-state index in [2.05, 4.69) is 5.16 Å². The molecule has 1 aromatic carbocycles. The Morgan fingerprint density at radius 3 is 2.59 bits per heavy atom. The van der Waals surface area contributed by atoms with Crippen molar-refractivity contribution in [2.24, 2.45) is 0 Å². The number of nitrogens with two attached hydrogens (primary N) is 1. The molecule has 5 nitrogen and oxygen atoms in total. The normalized spacial score (nSPS) is 10.4. The quantitative estimate of drug-likeness (QED) is 0.800. The van der Waals surface area contributed by atoms with Crippen molar-refractivity contribution in [1.29, 1.82) is 0 Å². The second kappa shape index (κ2) is 5.36. The van der Waals surface area contributed by atoms with Gasteiger partial charge >= 0.3 is 0 Å². The summed E-state index contributed by atoms with van der Waals surface area (Å²) in [5.41, 5.74) is 7.11. The van der Waals surface area contributed by atoms with E-state index in [0.717, 1.165) is 11.3 Å². The number of nitrogen functional groups attached to an aromatic ring is 1. The number of methoxy groups -OCH3 is 1. The molecule has 90 valence electrons. The first-order chi connectivity index (χ1) is 8.29. The van der Waals surface area contributed by atoms with Gasteiger partial charge in [0.25, 0.3) is 0 Å². The van der Waals surface area contributed by atoms with E-state index in [9.17, 15) is 0 Å². The van der Waals surface area contributed by atoms with Crippen LogP contribution in [0.25, 0.3) is 11.3 Å². The molecule has 17 heavy (non-hydrogen) atoms. The van der Waals surface area contributed by atoms with Crippen LogP contribution in [0.1, 0.15) is 0 Å². The number of hydrogen-bond donors (Lipinski definition) is 1. The van der Waals surface area contributed by atoms with Gasteiger partial charge in [0.05, 0.1) is 6.61 Å². The van der Waals surface area contributed by atoms with Crippen molar-refractivity contribution in [3.8, 4) is 17.0 Å². The fraction of sp³-hybridized carbons (Fsp3) is 0.250. The molecule has 0 aliphatic rings. The molecule has 0 atom stereocenters. The lowest BCUT2D eigenvalue weighted by Crippen LogP contribution is -2.03. The second-order valence-electron chi connectivity index (χ2n) is 3.48. The Balaban J connectivity index is 2.02. The molecule has 0 aliphatic carbocycles. The summed E-state index contributed by atoms with van der Waals surface area (Å²) in [6, 6.07) is 9.23. The van der Waals surface area contributed by atoms with Crippen molar-refractivity contribution in [3.05, 3.63) is 30.3 Å². The fourth-order valence-electron chi connectivity index (χ4n) is 1.39. The highest BCUT2D eigenvalue weighted by atomic mass is 16.5. The smallest absolute Gasteiger partial charge is 0.222 e. The molecule has 2 rings (SSSR count). The third-order valence-corrected chi connectivity index (χ3v) is 2.23. The van der Waals surface area contributed by atoms with E-state index in [1.165, 1.54) is 0 Å². The number of benzene rings is 1. The molecule has 0 amide bonds. The lowest BCUT2D eigenvalue weighted by Gasteiger charge is -2.05. The third-order valence-electron chi connectivity index (χ3n) is 2.23. The van der Waals surface area contributed by atoms with Gasteiger partial charge in [-0.15, -0.1) is 0 Å². The molecule has 0 spiro atoms. The number of anilines is 1. The van der Waals surface area contributed by atoms with Gasteiger partial charge in [0.15, 0.2) is 0 Å². The van der Waals surface area contributed by atoms with Gasteiger partial charge in [0.1, 0.15) is 18.1 Å². The molecule has 1 aromatic heterocycles. The van der Waals surface area contributed by atoms with E-state index in [1.807, 2.05) is 24.3 Å². The third kappa shape index (κ3) is 2.98. The Morgan fingerprint density at radius 2 is 2.00 bits per heavy atom. The topological polar surface area (TPSA) is 70.5 Å². The van der Waals surface area contributed by atoms with Gasteiger partial charge in [-0.3, -0.25) is 0 Å². The fourth-order valence-corrected chi connectivity index (χ4v) is 1.39. The monoisotopic (exact) mass is 234 g/mol. The van der Waals surface area contributed by atoms with Crippen molar-refractivity contribution in [3.63, 3.8) is 0 Å². The molecule has 5 heteroatoms. The van der Waals surface area contributed by atoms with Gasteiger partial charge in [-0.2, -0.15) is 0 Å². The molecule has 0 radical (unpaired) electrons. The van der Waals surface area contributed by atoms with Crippen molar-refractivity contribution in [2.75, 3.05) is 26.1 Å². The van der Waals surface area contributed by atoms with Crippen molar-refractivity contribution >= 4 is 5.88 Å². The molecule has 0 saturated carbocycles. The summed E-state index contributed by atoms with van der Waals surface area (Å²) in [7, 11) is 1.64. The number of rotatable bonds is 5. The SMILES string of the molecule is COCCOc1ccc(-c2cc(N)on2)cc1. The Labute approximate surface area is 99.1 Å². The summed E-state index contributed by atoms with van der Waals surface area (Å²) < 4.78 is 15.2. The first kappa shape index (κ1) is 11.5. The van der Waals surface area contributed by atoms with E-state index in [1.54, 1.807) is 13.2 Å². The number of nitrogens with zero attached hydrogens (tertiary/aromatic N) is 1. The van der Waals surface area contributed by atoms with Crippen LogP contribution in [0.3, 0.4) is 0 Å². The standard InChI is InChI=1S/C12H14N2O3/c1-15-6-7-16-10-4-2-9(3-5-10)11-8-12(13)17-14-11/h2-5,8H,6-7,13H2,1H3. The van der Waals surface area contributed by atoms with Crippen LogP contribution in [0, 0.1) is 0 Å². The summed E-state index contributed by atoms with van der Waals surface area (Å²) in [5.74, 6) is 1.10. The summed E-state index contributed by atoms with van der Waals surface area (Å²) in [5, 5.41) is 3.83. The predicted octanol–water partition coefficient (Wildman–Crippen LogP) is 1.95. The average Bonchev–Trinajstić information content (AvgIpc) is 2.77. The Morgan fingerprint density at radius 1 is 1.24 bits per heavy atom. The first-order valence-corrected chi connectivity index (χ1v) is 5.24. The molecule has 2 aromatic rings. The zero-order chi connectivity index (χ0) is 12.1. The summed E-state index contributed by atoms with van der Waals surface area (Å²) in [4.78, 5) is 0. The maximum Gasteiger partial charge on any atom is 0.222 e. The van der Waals surface area contributed by atoms with E-state index >= 15 is 0 Å². The van der Waals surface area contributed by atoms with Crippen molar-refractivity contribution < 1.29 is 14.0 Å². The highest BCUT2D eigenvalue weighted by molar-refractivity contribution is 5.61. The summed E-state index contributed by atoms with van der Waals surface area (Å²) in [6.07, 6.45) is 0. The zero-order valence-corrected chi connectivity index (χ0v) is 9.55. The second-order valence-corrected chi connectivity index (χ2v) is 3.48. The van der Waals surface area contributed by atoms with Gasteiger partial charge < -0.3 is 19.7 Å². The van der Waals surface area contributed by atoms with Gasteiger partial charge in [0.2, 0.25) is 5.88 Å². The van der Waals surface area contributed by atoms with Gasteiger partial charge in [-0.25, -0.2) is 0 Å². The summed E-state index contributed by atoms with van der Waals surface area (Å²) in [6.45, 7) is 1.11. The highest BCUT2D eigenvalue weighted by Crippen LogP contribution is 2.22. The predicted molar refractivity (Wildman–Crippen MR) is 63.7 cm³/mol. The molecular weight excluding hydrogens is 220 g/mol. The van der Waals surface area contributed by atoms with Crippen LogP contribution >= 0.6 is 0 Å². The number of ether oxygens (including phenoxy) is 2. The number of aromatic nitrogens is 1. The average molecular weight is 234 g/mol. The Bertz CT molecular complexity index is 465. The van der Waals surface area contributed by atoms with E-state index in [-0.39, 0.29) is 0 Å².